The SMILES string of the molecule is CCCCC[C@]1(OC2(OC)CCCC2)CC[C@H]2[C@@H]3CCC4=C[C@@H](OCC)CC[C@]4(C=O)[C@H]3CC[C@@]21C. The van der Waals surface area contributed by atoms with Gasteiger partial charge in [-0.05, 0) is 101 Å². The molecule has 0 saturated heterocycles. The zero-order valence-electron chi connectivity index (χ0n) is 23.6. The Hall–Kier alpha value is -0.710. The minimum atomic E-state index is -0.384. The van der Waals surface area contributed by atoms with Gasteiger partial charge < -0.3 is 19.0 Å². The molecule has 0 aromatic carbocycles. The fourth-order valence-electron chi connectivity index (χ4n) is 9.96. The Labute approximate surface area is 220 Å². The third-order valence-electron chi connectivity index (χ3n) is 11.9. The van der Waals surface area contributed by atoms with Crippen molar-refractivity contribution in [2.45, 2.75) is 141 Å². The summed E-state index contributed by atoms with van der Waals surface area (Å²) in [6, 6.07) is 0. The van der Waals surface area contributed by atoms with Crippen molar-refractivity contribution < 1.29 is 19.0 Å². The Balaban J connectivity index is 1.44. The van der Waals surface area contributed by atoms with Crippen LogP contribution in [-0.2, 0) is 19.0 Å². The van der Waals surface area contributed by atoms with Crippen molar-refractivity contribution in [1.82, 2.24) is 0 Å². The van der Waals surface area contributed by atoms with Gasteiger partial charge in [-0.2, -0.15) is 0 Å². The Morgan fingerprint density at radius 2 is 1.75 bits per heavy atom. The summed E-state index contributed by atoms with van der Waals surface area (Å²) < 4.78 is 19.5. The molecule has 0 bridgehead atoms. The number of hydrogen-bond donors (Lipinski definition) is 0. The van der Waals surface area contributed by atoms with Gasteiger partial charge in [-0.25, -0.2) is 0 Å². The average molecular weight is 501 g/mol. The molecule has 0 spiro atoms. The molecule has 0 unspecified atom stereocenters. The monoisotopic (exact) mass is 500 g/mol. The van der Waals surface area contributed by atoms with Crippen LogP contribution in [0.4, 0.5) is 0 Å². The van der Waals surface area contributed by atoms with Gasteiger partial charge in [0.05, 0.1) is 17.1 Å². The average Bonchev–Trinajstić information content (AvgIpc) is 3.47. The van der Waals surface area contributed by atoms with Crippen LogP contribution in [0.1, 0.15) is 124 Å². The molecule has 4 nitrogen and oxygen atoms in total. The van der Waals surface area contributed by atoms with Crippen LogP contribution in [0.25, 0.3) is 0 Å². The number of carbonyl (C=O) groups is 1. The zero-order valence-corrected chi connectivity index (χ0v) is 23.6. The molecule has 5 rings (SSSR count). The summed E-state index contributed by atoms with van der Waals surface area (Å²) in [5, 5.41) is 0. The second-order valence-electron chi connectivity index (χ2n) is 13.2. The molecule has 0 aliphatic heterocycles. The first kappa shape index (κ1) is 26.9. The van der Waals surface area contributed by atoms with E-state index < -0.39 is 0 Å². The van der Waals surface area contributed by atoms with Gasteiger partial charge >= 0.3 is 0 Å². The standard InChI is InChI=1S/C32H52O4/c1-5-7-8-16-31(36-32(34-4)17-9-10-18-32)21-15-27-26-12-11-24-22-25(35-6-2)13-20-30(24,23-33)28(26)14-19-29(27,31)3/h22-23,25-28H,5-21H2,1-4H3/t25-,26-,27-,28-,29-,30+,31-/m0/s1. The Kier molecular flexibility index (Phi) is 7.81. The first-order valence-corrected chi connectivity index (χ1v) is 15.5. The van der Waals surface area contributed by atoms with Crippen LogP contribution in [0, 0.1) is 28.6 Å². The predicted molar refractivity (Wildman–Crippen MR) is 144 cm³/mol. The first-order valence-electron chi connectivity index (χ1n) is 15.5. The van der Waals surface area contributed by atoms with E-state index in [-0.39, 0.29) is 28.3 Å². The lowest BCUT2D eigenvalue weighted by molar-refractivity contribution is -0.307. The van der Waals surface area contributed by atoms with Crippen molar-refractivity contribution in [3.63, 3.8) is 0 Å². The quantitative estimate of drug-likeness (QED) is 0.133. The summed E-state index contributed by atoms with van der Waals surface area (Å²) in [4.78, 5) is 12.9. The molecular formula is C32H52O4. The largest absolute Gasteiger partial charge is 0.374 e. The molecule has 5 aliphatic rings. The molecule has 0 amide bonds. The van der Waals surface area contributed by atoms with Gasteiger partial charge in [0.25, 0.3) is 0 Å². The van der Waals surface area contributed by atoms with E-state index in [4.69, 9.17) is 14.2 Å². The van der Waals surface area contributed by atoms with Crippen LogP contribution in [0.5, 0.6) is 0 Å². The molecule has 0 N–H and O–H groups in total. The summed E-state index contributed by atoms with van der Waals surface area (Å²) in [5.74, 6) is 1.39. The van der Waals surface area contributed by atoms with E-state index in [2.05, 4.69) is 26.8 Å². The summed E-state index contributed by atoms with van der Waals surface area (Å²) in [5.41, 5.74) is 1.24. The van der Waals surface area contributed by atoms with Gasteiger partial charge in [0.2, 0.25) is 0 Å². The fourth-order valence-corrected chi connectivity index (χ4v) is 9.96. The molecule has 0 radical (unpaired) electrons. The minimum Gasteiger partial charge on any atom is -0.374 e. The van der Waals surface area contributed by atoms with Crippen LogP contribution in [0.3, 0.4) is 0 Å². The van der Waals surface area contributed by atoms with Crippen molar-refractivity contribution >= 4 is 6.29 Å². The number of unbranched alkanes of at least 4 members (excludes halogenated alkanes) is 2. The van der Waals surface area contributed by atoms with Crippen LogP contribution in [-0.4, -0.2) is 37.5 Å². The maximum absolute atomic E-state index is 12.9. The van der Waals surface area contributed by atoms with Gasteiger partial charge in [-0.15, -0.1) is 0 Å². The summed E-state index contributed by atoms with van der Waals surface area (Å²) >= 11 is 0. The number of ether oxygens (including phenoxy) is 3. The molecule has 36 heavy (non-hydrogen) atoms. The van der Waals surface area contributed by atoms with E-state index in [1.165, 1.54) is 63.2 Å². The number of methoxy groups -OCH3 is 1. The molecule has 7 atom stereocenters. The highest BCUT2D eigenvalue weighted by atomic mass is 16.7. The second-order valence-corrected chi connectivity index (χ2v) is 13.2. The van der Waals surface area contributed by atoms with Gasteiger partial charge in [0.15, 0.2) is 5.79 Å². The van der Waals surface area contributed by atoms with E-state index in [1.54, 1.807) is 0 Å². The van der Waals surface area contributed by atoms with Crippen molar-refractivity contribution in [3.8, 4) is 0 Å². The minimum absolute atomic E-state index is 0.0881. The van der Waals surface area contributed by atoms with Crippen LogP contribution >= 0.6 is 0 Å². The van der Waals surface area contributed by atoms with Crippen molar-refractivity contribution in [2.75, 3.05) is 13.7 Å². The van der Waals surface area contributed by atoms with E-state index in [1.807, 2.05) is 7.11 Å². The molecular weight excluding hydrogens is 448 g/mol. The van der Waals surface area contributed by atoms with Crippen molar-refractivity contribution in [2.24, 2.45) is 28.6 Å². The highest BCUT2D eigenvalue weighted by molar-refractivity contribution is 5.67. The molecule has 4 fully saturated rings. The van der Waals surface area contributed by atoms with Gasteiger partial charge in [0.1, 0.15) is 6.29 Å². The third kappa shape index (κ3) is 4.16. The number of rotatable bonds is 10. The number of aldehydes is 1. The molecule has 4 heteroatoms. The summed E-state index contributed by atoms with van der Waals surface area (Å²) in [7, 11) is 1.87. The van der Waals surface area contributed by atoms with Crippen molar-refractivity contribution in [3.05, 3.63) is 11.6 Å². The van der Waals surface area contributed by atoms with Crippen LogP contribution < -0.4 is 0 Å². The van der Waals surface area contributed by atoms with Crippen LogP contribution in [0.2, 0.25) is 0 Å². The smallest absolute Gasteiger partial charge is 0.168 e. The first-order chi connectivity index (χ1) is 17.4. The Morgan fingerprint density at radius 1 is 0.972 bits per heavy atom. The molecule has 0 heterocycles. The maximum Gasteiger partial charge on any atom is 0.168 e. The van der Waals surface area contributed by atoms with E-state index in [9.17, 15) is 4.79 Å². The fraction of sp³-hybridized carbons (Fsp3) is 0.906. The molecule has 0 aromatic rings. The van der Waals surface area contributed by atoms with Gasteiger partial charge in [-0.3, -0.25) is 0 Å². The molecule has 0 aromatic heterocycles. The Bertz CT molecular complexity index is 815. The van der Waals surface area contributed by atoms with Gasteiger partial charge in [0, 0.05) is 26.6 Å². The van der Waals surface area contributed by atoms with Crippen molar-refractivity contribution in [1.29, 1.82) is 0 Å². The second kappa shape index (κ2) is 10.5. The number of carbonyl (C=O) groups excluding carboxylic acids is 1. The maximum atomic E-state index is 12.9. The van der Waals surface area contributed by atoms with E-state index in [0.717, 1.165) is 58.0 Å². The topological polar surface area (TPSA) is 44.8 Å². The van der Waals surface area contributed by atoms with E-state index in [0.29, 0.717) is 17.8 Å². The lowest BCUT2D eigenvalue weighted by atomic mass is 9.46. The molecule has 5 aliphatic carbocycles. The normalized spacial score (nSPS) is 43.4. The van der Waals surface area contributed by atoms with E-state index >= 15 is 0 Å². The molecule has 4 saturated carbocycles. The summed E-state index contributed by atoms with van der Waals surface area (Å²) in [6.45, 7) is 7.71. The number of fused-ring (bicyclic) bond motifs is 5. The molecule has 204 valence electrons. The Morgan fingerprint density at radius 3 is 2.44 bits per heavy atom. The highest BCUT2D eigenvalue weighted by Crippen LogP contribution is 2.69. The number of hydrogen-bond acceptors (Lipinski definition) is 4. The third-order valence-corrected chi connectivity index (χ3v) is 11.9. The van der Waals surface area contributed by atoms with Crippen LogP contribution in [0.15, 0.2) is 11.6 Å². The number of allylic oxidation sites excluding steroid dienone is 1. The lowest BCUT2D eigenvalue weighted by Crippen LogP contribution is -2.58. The predicted octanol–water partition coefficient (Wildman–Crippen LogP) is 7.79. The highest BCUT2D eigenvalue weighted by Gasteiger charge is 2.66. The lowest BCUT2D eigenvalue weighted by Gasteiger charge is -2.60. The van der Waals surface area contributed by atoms with Gasteiger partial charge in [-0.1, -0.05) is 44.8 Å². The summed E-state index contributed by atoms with van der Waals surface area (Å²) in [6.07, 6.45) is 22.4. The zero-order chi connectivity index (χ0) is 25.4.